The molecule has 0 unspecified atom stereocenters. The summed E-state index contributed by atoms with van der Waals surface area (Å²) in [6.07, 6.45) is 1.04. The molecule has 1 aliphatic carbocycles. The molecule has 0 heterocycles. The van der Waals surface area contributed by atoms with Crippen LogP contribution in [0, 0.1) is 6.92 Å². The standard InChI is InChI=1S/C12H17NO2.ClH/c1-7-4-12(15-3)9(6-11(7)14-2)8-5-10(8)13;/h4,6,8,10H,5,13H2,1-3H3;1H/t8-,10+;/m0./s1. The van der Waals surface area contributed by atoms with Crippen LogP contribution in [0.4, 0.5) is 0 Å². The van der Waals surface area contributed by atoms with Crippen molar-refractivity contribution in [2.75, 3.05) is 14.2 Å². The van der Waals surface area contributed by atoms with Crippen LogP contribution in [0.25, 0.3) is 0 Å². The van der Waals surface area contributed by atoms with Crippen molar-refractivity contribution < 1.29 is 9.47 Å². The predicted octanol–water partition coefficient (Wildman–Crippen LogP) is 2.25. The fourth-order valence-corrected chi connectivity index (χ4v) is 1.94. The number of hydrogen-bond donors (Lipinski definition) is 1. The maximum atomic E-state index is 5.86. The van der Waals surface area contributed by atoms with Crippen molar-refractivity contribution in [1.82, 2.24) is 0 Å². The Hall–Kier alpha value is -0.930. The molecule has 0 saturated heterocycles. The van der Waals surface area contributed by atoms with E-state index in [-0.39, 0.29) is 18.4 Å². The van der Waals surface area contributed by atoms with Gasteiger partial charge in [-0.15, -0.1) is 12.4 Å². The first-order valence-corrected chi connectivity index (χ1v) is 5.15. The van der Waals surface area contributed by atoms with Crippen LogP contribution in [0.3, 0.4) is 0 Å². The third-order valence-corrected chi connectivity index (χ3v) is 2.99. The molecule has 1 aromatic rings. The lowest BCUT2D eigenvalue weighted by molar-refractivity contribution is 0.396. The van der Waals surface area contributed by atoms with Gasteiger partial charge in [0.25, 0.3) is 0 Å². The summed E-state index contributed by atoms with van der Waals surface area (Å²) in [6.45, 7) is 2.01. The van der Waals surface area contributed by atoms with Gasteiger partial charge < -0.3 is 15.2 Å². The minimum Gasteiger partial charge on any atom is -0.496 e. The average Bonchev–Trinajstić information content (AvgIpc) is 2.95. The third kappa shape index (κ3) is 2.25. The van der Waals surface area contributed by atoms with Gasteiger partial charge in [-0.25, -0.2) is 0 Å². The van der Waals surface area contributed by atoms with Gasteiger partial charge in [0.2, 0.25) is 0 Å². The van der Waals surface area contributed by atoms with Crippen LogP contribution in [-0.4, -0.2) is 20.3 Å². The van der Waals surface area contributed by atoms with Crippen LogP contribution in [0.2, 0.25) is 0 Å². The third-order valence-electron chi connectivity index (χ3n) is 2.99. The van der Waals surface area contributed by atoms with Crippen LogP contribution in [0.5, 0.6) is 11.5 Å². The Morgan fingerprint density at radius 1 is 1.19 bits per heavy atom. The molecule has 1 fully saturated rings. The van der Waals surface area contributed by atoms with Crippen molar-refractivity contribution in [3.05, 3.63) is 23.3 Å². The molecule has 0 amide bonds. The van der Waals surface area contributed by atoms with Crippen LogP contribution in [-0.2, 0) is 0 Å². The molecule has 0 aromatic heterocycles. The molecule has 2 atom stereocenters. The second-order valence-corrected chi connectivity index (χ2v) is 4.07. The number of aryl methyl sites for hydroxylation is 1. The molecule has 4 heteroatoms. The second kappa shape index (κ2) is 4.93. The highest BCUT2D eigenvalue weighted by molar-refractivity contribution is 5.85. The number of methoxy groups -OCH3 is 2. The zero-order valence-corrected chi connectivity index (χ0v) is 10.6. The van der Waals surface area contributed by atoms with E-state index < -0.39 is 0 Å². The zero-order valence-electron chi connectivity index (χ0n) is 9.82. The van der Waals surface area contributed by atoms with Crippen LogP contribution in [0.15, 0.2) is 12.1 Å². The van der Waals surface area contributed by atoms with Gasteiger partial charge in [-0.1, -0.05) is 0 Å². The lowest BCUT2D eigenvalue weighted by Crippen LogP contribution is -2.03. The highest BCUT2D eigenvalue weighted by Crippen LogP contribution is 2.45. The molecule has 0 radical (unpaired) electrons. The van der Waals surface area contributed by atoms with Gasteiger partial charge >= 0.3 is 0 Å². The van der Waals surface area contributed by atoms with Gasteiger partial charge in [-0.2, -0.15) is 0 Å². The summed E-state index contributed by atoms with van der Waals surface area (Å²) in [6, 6.07) is 4.34. The van der Waals surface area contributed by atoms with Crippen LogP contribution in [0.1, 0.15) is 23.5 Å². The summed E-state index contributed by atoms with van der Waals surface area (Å²) in [7, 11) is 3.38. The lowest BCUT2D eigenvalue weighted by atomic mass is 10.1. The first-order chi connectivity index (χ1) is 7.17. The summed E-state index contributed by atoms with van der Waals surface area (Å²) in [5.74, 6) is 2.27. The van der Waals surface area contributed by atoms with E-state index in [1.807, 2.05) is 19.1 Å². The molecule has 0 aliphatic heterocycles. The molecule has 1 aliphatic rings. The Balaban J connectivity index is 0.00000128. The van der Waals surface area contributed by atoms with E-state index >= 15 is 0 Å². The van der Waals surface area contributed by atoms with Crippen molar-refractivity contribution in [2.45, 2.75) is 25.3 Å². The SMILES string of the molecule is COc1cc([C@@H]2C[C@H]2N)c(OC)cc1C.Cl. The zero-order chi connectivity index (χ0) is 11.0. The van der Waals surface area contributed by atoms with Crippen molar-refractivity contribution in [3.8, 4) is 11.5 Å². The largest absolute Gasteiger partial charge is 0.496 e. The van der Waals surface area contributed by atoms with Crippen molar-refractivity contribution in [1.29, 1.82) is 0 Å². The van der Waals surface area contributed by atoms with E-state index in [0.717, 1.165) is 23.5 Å². The highest BCUT2D eigenvalue weighted by atomic mass is 35.5. The Kier molecular flexibility index (Phi) is 4.05. The topological polar surface area (TPSA) is 44.5 Å². The quantitative estimate of drug-likeness (QED) is 0.886. The summed E-state index contributed by atoms with van der Waals surface area (Å²) < 4.78 is 10.7. The lowest BCUT2D eigenvalue weighted by Gasteiger charge is -2.12. The minimum absolute atomic E-state index is 0. The van der Waals surface area contributed by atoms with E-state index in [2.05, 4.69) is 0 Å². The molecule has 90 valence electrons. The maximum absolute atomic E-state index is 5.86. The Bertz CT molecular complexity index is 382. The Morgan fingerprint density at radius 3 is 2.19 bits per heavy atom. The van der Waals surface area contributed by atoms with Crippen molar-refractivity contribution >= 4 is 12.4 Å². The number of ether oxygens (including phenoxy) is 2. The maximum Gasteiger partial charge on any atom is 0.122 e. The molecule has 2 rings (SSSR count). The van der Waals surface area contributed by atoms with Crippen molar-refractivity contribution in [3.63, 3.8) is 0 Å². The Labute approximate surface area is 102 Å². The van der Waals surface area contributed by atoms with Gasteiger partial charge in [-0.05, 0) is 31.0 Å². The molecular weight excluding hydrogens is 226 g/mol. The number of halogens is 1. The molecule has 1 aromatic carbocycles. The predicted molar refractivity (Wildman–Crippen MR) is 66.9 cm³/mol. The molecule has 1 saturated carbocycles. The fourth-order valence-electron chi connectivity index (χ4n) is 1.94. The van der Waals surface area contributed by atoms with E-state index in [4.69, 9.17) is 15.2 Å². The smallest absolute Gasteiger partial charge is 0.122 e. The molecule has 3 nitrogen and oxygen atoms in total. The van der Waals surface area contributed by atoms with Gasteiger partial charge in [0.05, 0.1) is 14.2 Å². The fraction of sp³-hybridized carbons (Fsp3) is 0.500. The van der Waals surface area contributed by atoms with Gasteiger partial charge in [0.15, 0.2) is 0 Å². The van der Waals surface area contributed by atoms with E-state index in [1.54, 1.807) is 14.2 Å². The van der Waals surface area contributed by atoms with Crippen molar-refractivity contribution in [2.24, 2.45) is 5.73 Å². The van der Waals surface area contributed by atoms with Gasteiger partial charge in [0.1, 0.15) is 11.5 Å². The van der Waals surface area contributed by atoms with Crippen LogP contribution >= 0.6 is 12.4 Å². The number of rotatable bonds is 3. The first-order valence-electron chi connectivity index (χ1n) is 5.15. The minimum atomic E-state index is 0. The summed E-state index contributed by atoms with van der Waals surface area (Å²) in [5.41, 5.74) is 8.12. The normalized spacial score (nSPS) is 22.2. The van der Waals surface area contributed by atoms with Gasteiger partial charge in [0, 0.05) is 17.5 Å². The summed E-state index contributed by atoms with van der Waals surface area (Å²) >= 11 is 0. The van der Waals surface area contributed by atoms with E-state index in [0.29, 0.717) is 5.92 Å². The number of hydrogen-bond acceptors (Lipinski definition) is 3. The van der Waals surface area contributed by atoms with E-state index in [9.17, 15) is 0 Å². The van der Waals surface area contributed by atoms with Crippen LogP contribution < -0.4 is 15.2 Å². The number of benzene rings is 1. The summed E-state index contributed by atoms with van der Waals surface area (Å²) in [5, 5.41) is 0. The highest BCUT2D eigenvalue weighted by Gasteiger charge is 2.37. The second-order valence-electron chi connectivity index (χ2n) is 4.07. The monoisotopic (exact) mass is 243 g/mol. The molecular formula is C12H18ClNO2. The molecule has 16 heavy (non-hydrogen) atoms. The van der Waals surface area contributed by atoms with E-state index in [1.165, 1.54) is 5.56 Å². The average molecular weight is 244 g/mol. The Morgan fingerprint density at radius 2 is 1.75 bits per heavy atom. The first kappa shape index (κ1) is 13.1. The molecule has 0 bridgehead atoms. The molecule has 2 N–H and O–H groups in total. The van der Waals surface area contributed by atoms with Gasteiger partial charge in [-0.3, -0.25) is 0 Å². The summed E-state index contributed by atoms with van der Waals surface area (Å²) in [4.78, 5) is 0. The molecule has 0 spiro atoms. The number of nitrogens with two attached hydrogens (primary N) is 1.